The number of nitrogens with one attached hydrogen (secondary N) is 2. The number of nitrogens with two attached hydrogens (primary N) is 1. The van der Waals surface area contributed by atoms with E-state index < -0.39 is 0 Å². The zero-order valence-electron chi connectivity index (χ0n) is 9.70. The number of hydrogen-bond acceptors (Lipinski definition) is 5. The molecule has 0 radical (unpaired) electrons. The van der Waals surface area contributed by atoms with Gasteiger partial charge in [0.1, 0.15) is 11.8 Å². The van der Waals surface area contributed by atoms with Crippen molar-refractivity contribution in [2.45, 2.75) is 6.92 Å². The Balaban J connectivity index is 2.89. The fourth-order valence-electron chi connectivity index (χ4n) is 1.10. The Bertz CT molecular complexity index is 521. The summed E-state index contributed by atoms with van der Waals surface area (Å²) in [6.07, 6.45) is 0. The fourth-order valence-corrected chi connectivity index (χ4v) is 1.47. The summed E-state index contributed by atoms with van der Waals surface area (Å²) < 4.78 is 6.22. The van der Waals surface area contributed by atoms with E-state index in [2.05, 4.69) is 26.5 Å². The molecule has 0 aliphatic heterocycles. The summed E-state index contributed by atoms with van der Waals surface area (Å²) in [6, 6.07) is 7.00. The molecule has 18 heavy (non-hydrogen) atoms. The van der Waals surface area contributed by atoms with Crippen LogP contribution in [0.1, 0.15) is 6.92 Å². The van der Waals surface area contributed by atoms with E-state index in [1.54, 1.807) is 24.3 Å². The molecule has 0 aliphatic rings. The molecule has 1 aromatic rings. The molecule has 0 amide bonds. The van der Waals surface area contributed by atoms with Crippen LogP contribution in [0.15, 0.2) is 27.8 Å². The minimum absolute atomic E-state index is 0.170. The van der Waals surface area contributed by atoms with Crippen molar-refractivity contribution in [3.63, 3.8) is 0 Å². The molecule has 1 rings (SSSR count). The second-order valence-electron chi connectivity index (χ2n) is 3.18. The van der Waals surface area contributed by atoms with Crippen molar-refractivity contribution >= 4 is 33.2 Å². The van der Waals surface area contributed by atoms with Crippen LogP contribution in [0.3, 0.4) is 0 Å². The van der Waals surface area contributed by atoms with Crippen molar-refractivity contribution < 1.29 is 4.74 Å². The number of nitrogens with zero attached hydrogens (tertiary/aromatic N) is 2. The lowest BCUT2D eigenvalue weighted by molar-refractivity contribution is 0.338. The zero-order valence-corrected chi connectivity index (χ0v) is 11.3. The summed E-state index contributed by atoms with van der Waals surface area (Å²) >= 11 is 3.35. The van der Waals surface area contributed by atoms with Gasteiger partial charge in [0, 0.05) is 6.07 Å². The van der Waals surface area contributed by atoms with Gasteiger partial charge in [0.25, 0.3) is 0 Å². The van der Waals surface area contributed by atoms with Gasteiger partial charge in [-0.15, -0.1) is 0 Å². The number of hydrogen-bond donors (Lipinski definition) is 3. The maximum absolute atomic E-state index is 8.68. The summed E-state index contributed by atoms with van der Waals surface area (Å²) in [5.74, 6) is 0.283. The highest BCUT2D eigenvalue weighted by Gasteiger charge is 2.04. The summed E-state index contributed by atoms with van der Waals surface area (Å²) in [5.41, 5.74) is 8.28. The van der Waals surface area contributed by atoms with E-state index in [1.807, 2.05) is 6.92 Å². The van der Waals surface area contributed by atoms with Crippen LogP contribution >= 0.6 is 15.9 Å². The van der Waals surface area contributed by atoms with Gasteiger partial charge in [-0.3, -0.25) is 10.8 Å². The Morgan fingerprint density at radius 3 is 2.94 bits per heavy atom. The Kier molecular flexibility index (Phi) is 5.14. The predicted octanol–water partition coefficient (Wildman–Crippen LogP) is 2.08. The molecule has 0 saturated heterocycles. The smallest absolute Gasteiger partial charge is 0.201 e. The molecule has 1 aromatic carbocycles. The molecule has 0 spiro atoms. The first-order valence-corrected chi connectivity index (χ1v) is 5.88. The van der Waals surface area contributed by atoms with Crippen LogP contribution in [0.2, 0.25) is 0 Å². The second kappa shape index (κ2) is 6.61. The Hall–Kier alpha value is -2.07. The molecule has 0 fully saturated rings. The molecule has 0 aliphatic carbocycles. The highest BCUT2D eigenvalue weighted by molar-refractivity contribution is 9.10. The van der Waals surface area contributed by atoms with Crippen LogP contribution in [0.4, 0.5) is 5.69 Å². The standard InChI is InChI=1S/C11H12BrN5O/c1-2-18-10-5-7(3-4-8(10)12)16-17-9(6-13)11(14)15/h3-5,16H,2H2,1H3,(H3,14,15)/b17-9+. The van der Waals surface area contributed by atoms with Crippen LogP contribution in [0.25, 0.3) is 0 Å². The monoisotopic (exact) mass is 309 g/mol. The van der Waals surface area contributed by atoms with Crippen molar-refractivity contribution in [3.8, 4) is 11.8 Å². The maximum Gasteiger partial charge on any atom is 0.201 e. The number of nitriles is 1. The fraction of sp³-hybridized carbons (Fsp3) is 0.182. The Labute approximate surface area is 113 Å². The van der Waals surface area contributed by atoms with Crippen LogP contribution in [0.5, 0.6) is 5.75 Å². The van der Waals surface area contributed by atoms with Crippen LogP contribution in [0, 0.1) is 16.7 Å². The molecule has 4 N–H and O–H groups in total. The van der Waals surface area contributed by atoms with Gasteiger partial charge in [-0.2, -0.15) is 10.4 Å². The summed E-state index contributed by atoms with van der Waals surface area (Å²) in [7, 11) is 0. The number of hydrazone groups is 1. The van der Waals surface area contributed by atoms with Gasteiger partial charge in [-0.1, -0.05) is 0 Å². The van der Waals surface area contributed by atoms with E-state index in [0.717, 1.165) is 4.47 Å². The molecular formula is C11H12BrN5O. The summed E-state index contributed by atoms with van der Waals surface area (Å²) in [6.45, 7) is 2.43. The van der Waals surface area contributed by atoms with Crippen molar-refractivity contribution in [3.05, 3.63) is 22.7 Å². The molecule has 0 unspecified atom stereocenters. The van der Waals surface area contributed by atoms with Crippen molar-refractivity contribution in [1.82, 2.24) is 0 Å². The number of amidine groups is 1. The van der Waals surface area contributed by atoms with Gasteiger partial charge in [-0.25, -0.2) is 0 Å². The largest absolute Gasteiger partial charge is 0.493 e. The quantitative estimate of drug-likeness (QED) is 0.439. The van der Waals surface area contributed by atoms with Crippen molar-refractivity contribution in [2.24, 2.45) is 10.8 Å². The van der Waals surface area contributed by atoms with E-state index >= 15 is 0 Å². The van der Waals surface area contributed by atoms with Gasteiger partial charge in [-0.05, 0) is 35.0 Å². The van der Waals surface area contributed by atoms with Crippen LogP contribution in [-0.4, -0.2) is 18.2 Å². The number of halogens is 1. The molecule has 0 bridgehead atoms. The van der Waals surface area contributed by atoms with Gasteiger partial charge in [0.15, 0.2) is 5.84 Å². The second-order valence-corrected chi connectivity index (χ2v) is 4.03. The lowest BCUT2D eigenvalue weighted by Crippen LogP contribution is -2.21. The minimum atomic E-state index is -0.382. The predicted molar refractivity (Wildman–Crippen MR) is 73.9 cm³/mol. The van der Waals surface area contributed by atoms with E-state index in [4.69, 9.17) is 21.1 Å². The SMILES string of the molecule is CCOc1cc(N/N=C(\C#N)C(=N)N)ccc1Br. The minimum Gasteiger partial charge on any atom is -0.493 e. The first-order chi connectivity index (χ1) is 8.58. The Morgan fingerprint density at radius 1 is 1.67 bits per heavy atom. The van der Waals surface area contributed by atoms with E-state index in [1.165, 1.54) is 0 Å². The lowest BCUT2D eigenvalue weighted by Gasteiger charge is -2.08. The van der Waals surface area contributed by atoms with Gasteiger partial charge in [0.2, 0.25) is 5.71 Å². The van der Waals surface area contributed by atoms with Crippen LogP contribution in [-0.2, 0) is 0 Å². The van der Waals surface area contributed by atoms with E-state index in [0.29, 0.717) is 18.0 Å². The average Bonchev–Trinajstić information content (AvgIpc) is 2.33. The summed E-state index contributed by atoms with van der Waals surface area (Å²) in [5, 5.41) is 19.5. The van der Waals surface area contributed by atoms with Crippen molar-refractivity contribution in [1.29, 1.82) is 10.7 Å². The Morgan fingerprint density at radius 2 is 2.39 bits per heavy atom. The number of benzene rings is 1. The van der Waals surface area contributed by atoms with Crippen LogP contribution < -0.4 is 15.9 Å². The molecule has 0 aromatic heterocycles. The lowest BCUT2D eigenvalue weighted by atomic mass is 10.3. The third-order valence-electron chi connectivity index (χ3n) is 1.89. The highest BCUT2D eigenvalue weighted by Crippen LogP contribution is 2.28. The molecule has 7 heteroatoms. The molecule has 0 saturated carbocycles. The molecule has 6 nitrogen and oxygen atoms in total. The molecule has 0 atom stereocenters. The molecule has 0 heterocycles. The third kappa shape index (κ3) is 3.75. The topological polar surface area (TPSA) is 107 Å². The highest BCUT2D eigenvalue weighted by atomic mass is 79.9. The normalized spacial score (nSPS) is 10.6. The van der Waals surface area contributed by atoms with E-state index in [-0.39, 0.29) is 11.5 Å². The molecule has 94 valence electrons. The average molecular weight is 310 g/mol. The van der Waals surface area contributed by atoms with Crippen molar-refractivity contribution in [2.75, 3.05) is 12.0 Å². The zero-order chi connectivity index (χ0) is 13.5. The third-order valence-corrected chi connectivity index (χ3v) is 2.54. The first kappa shape index (κ1) is 14.0. The number of rotatable bonds is 5. The van der Waals surface area contributed by atoms with E-state index in [9.17, 15) is 0 Å². The summed E-state index contributed by atoms with van der Waals surface area (Å²) in [4.78, 5) is 0. The number of anilines is 1. The number of ether oxygens (including phenoxy) is 1. The van der Waals surface area contributed by atoms with Gasteiger partial charge >= 0.3 is 0 Å². The maximum atomic E-state index is 8.68. The molecular weight excluding hydrogens is 298 g/mol. The first-order valence-electron chi connectivity index (χ1n) is 5.09. The van der Waals surface area contributed by atoms with Gasteiger partial charge in [0.05, 0.1) is 16.8 Å². The van der Waals surface area contributed by atoms with Gasteiger partial charge < -0.3 is 10.5 Å².